The summed E-state index contributed by atoms with van der Waals surface area (Å²) >= 11 is 1.92. The third kappa shape index (κ3) is 3.63. The molecule has 0 bridgehead atoms. The predicted octanol–water partition coefficient (Wildman–Crippen LogP) is 1.39. The molecule has 1 unspecified atom stereocenters. The first-order valence-corrected chi connectivity index (χ1v) is 6.89. The highest BCUT2D eigenvalue weighted by molar-refractivity contribution is 7.99. The molecule has 4 nitrogen and oxygen atoms in total. The lowest BCUT2D eigenvalue weighted by Crippen LogP contribution is -2.32. The van der Waals surface area contributed by atoms with E-state index in [1.54, 1.807) is 6.07 Å². The van der Waals surface area contributed by atoms with Crippen molar-refractivity contribution in [2.45, 2.75) is 24.5 Å². The average molecular weight is 252 g/mol. The van der Waals surface area contributed by atoms with E-state index in [9.17, 15) is 9.59 Å². The third-order valence-corrected chi connectivity index (χ3v) is 4.20. The van der Waals surface area contributed by atoms with Crippen LogP contribution in [0.1, 0.15) is 29.6 Å². The standard InChI is InChI=1S/C12H16N2O2S/c15-11-7-9(4-5-13-11)12(16)14-8-10-3-1-2-6-17-10/h4-5,7,10H,1-3,6,8H2,(H,13,15)(H,14,16). The molecule has 1 fully saturated rings. The summed E-state index contributed by atoms with van der Waals surface area (Å²) in [6.07, 6.45) is 5.19. The van der Waals surface area contributed by atoms with Crippen LogP contribution >= 0.6 is 11.8 Å². The van der Waals surface area contributed by atoms with Crippen LogP contribution in [0.5, 0.6) is 0 Å². The fraction of sp³-hybridized carbons (Fsp3) is 0.500. The number of pyridine rings is 1. The molecule has 2 heterocycles. The molecule has 1 aromatic heterocycles. The SMILES string of the molecule is O=C(NCC1CCCCS1)c1cc[nH]c(=O)c1. The Morgan fingerprint density at radius 3 is 3.12 bits per heavy atom. The number of nitrogens with one attached hydrogen (secondary N) is 2. The summed E-state index contributed by atoms with van der Waals surface area (Å²) in [5, 5.41) is 3.41. The molecule has 1 saturated heterocycles. The second kappa shape index (κ2) is 5.91. The van der Waals surface area contributed by atoms with Gasteiger partial charge in [-0.1, -0.05) is 6.42 Å². The lowest BCUT2D eigenvalue weighted by molar-refractivity contribution is 0.0953. The van der Waals surface area contributed by atoms with E-state index in [2.05, 4.69) is 10.3 Å². The first-order chi connectivity index (χ1) is 8.25. The molecule has 0 spiro atoms. The molecule has 92 valence electrons. The fourth-order valence-electron chi connectivity index (χ4n) is 1.86. The van der Waals surface area contributed by atoms with E-state index >= 15 is 0 Å². The van der Waals surface area contributed by atoms with Crippen molar-refractivity contribution in [1.29, 1.82) is 0 Å². The highest BCUT2D eigenvalue weighted by Crippen LogP contribution is 2.24. The first kappa shape index (κ1) is 12.2. The quantitative estimate of drug-likeness (QED) is 0.854. The maximum atomic E-state index is 11.8. The molecule has 0 aliphatic carbocycles. The zero-order valence-corrected chi connectivity index (χ0v) is 10.4. The minimum absolute atomic E-state index is 0.165. The number of H-pyrrole nitrogens is 1. The summed E-state index contributed by atoms with van der Waals surface area (Å²) in [4.78, 5) is 25.3. The van der Waals surface area contributed by atoms with E-state index in [1.807, 2.05) is 11.8 Å². The average Bonchev–Trinajstić information content (AvgIpc) is 2.37. The topological polar surface area (TPSA) is 62.0 Å². The van der Waals surface area contributed by atoms with Crippen molar-refractivity contribution in [3.8, 4) is 0 Å². The number of aromatic nitrogens is 1. The Kier molecular flexibility index (Phi) is 4.25. The van der Waals surface area contributed by atoms with Gasteiger partial charge in [-0.25, -0.2) is 0 Å². The van der Waals surface area contributed by atoms with Crippen molar-refractivity contribution in [1.82, 2.24) is 10.3 Å². The van der Waals surface area contributed by atoms with Gasteiger partial charge in [0.15, 0.2) is 0 Å². The van der Waals surface area contributed by atoms with Gasteiger partial charge in [0.25, 0.3) is 5.91 Å². The normalized spacial score (nSPS) is 19.9. The van der Waals surface area contributed by atoms with Gasteiger partial charge in [0.1, 0.15) is 0 Å². The van der Waals surface area contributed by atoms with Crippen LogP contribution in [-0.4, -0.2) is 28.4 Å². The Bertz CT molecular complexity index is 438. The highest BCUT2D eigenvalue weighted by Gasteiger charge is 2.15. The fourth-order valence-corrected chi connectivity index (χ4v) is 3.10. The Balaban J connectivity index is 1.86. The van der Waals surface area contributed by atoms with E-state index in [4.69, 9.17) is 0 Å². The van der Waals surface area contributed by atoms with Gasteiger partial charge in [0.2, 0.25) is 5.56 Å². The number of hydrogen-bond donors (Lipinski definition) is 2. The summed E-state index contributed by atoms with van der Waals surface area (Å²) in [7, 11) is 0. The molecular formula is C12H16N2O2S. The van der Waals surface area contributed by atoms with Gasteiger partial charge in [-0.3, -0.25) is 9.59 Å². The van der Waals surface area contributed by atoms with Crippen molar-refractivity contribution in [2.75, 3.05) is 12.3 Å². The molecule has 1 aromatic rings. The number of carbonyl (C=O) groups is 1. The maximum Gasteiger partial charge on any atom is 0.251 e. The van der Waals surface area contributed by atoms with Gasteiger partial charge < -0.3 is 10.3 Å². The predicted molar refractivity (Wildman–Crippen MR) is 69.5 cm³/mol. The molecule has 17 heavy (non-hydrogen) atoms. The Labute approximate surface area is 104 Å². The van der Waals surface area contributed by atoms with Gasteiger partial charge in [-0.2, -0.15) is 11.8 Å². The van der Waals surface area contributed by atoms with Crippen LogP contribution in [-0.2, 0) is 0 Å². The van der Waals surface area contributed by atoms with E-state index in [-0.39, 0.29) is 11.5 Å². The minimum Gasteiger partial charge on any atom is -0.351 e. The molecule has 2 rings (SSSR count). The summed E-state index contributed by atoms with van der Waals surface area (Å²) in [5.74, 6) is 1.02. The van der Waals surface area contributed by atoms with Gasteiger partial charge in [-0.05, 0) is 24.7 Å². The maximum absolute atomic E-state index is 11.8. The molecule has 1 aliphatic heterocycles. The largest absolute Gasteiger partial charge is 0.351 e. The van der Waals surface area contributed by atoms with Crippen molar-refractivity contribution in [2.24, 2.45) is 0 Å². The molecule has 0 saturated carbocycles. The lowest BCUT2D eigenvalue weighted by Gasteiger charge is -2.21. The van der Waals surface area contributed by atoms with E-state index < -0.39 is 0 Å². The Hall–Kier alpha value is -1.23. The van der Waals surface area contributed by atoms with E-state index in [0.29, 0.717) is 17.4 Å². The molecule has 1 aliphatic rings. The summed E-state index contributed by atoms with van der Waals surface area (Å²) < 4.78 is 0. The summed E-state index contributed by atoms with van der Waals surface area (Å²) in [5.41, 5.74) is 0.180. The molecule has 0 radical (unpaired) electrons. The smallest absolute Gasteiger partial charge is 0.251 e. The Morgan fingerprint density at radius 1 is 1.53 bits per heavy atom. The van der Waals surface area contributed by atoms with Crippen LogP contribution in [0.2, 0.25) is 0 Å². The minimum atomic E-state index is -0.246. The first-order valence-electron chi connectivity index (χ1n) is 5.84. The van der Waals surface area contributed by atoms with Crippen LogP contribution < -0.4 is 10.9 Å². The van der Waals surface area contributed by atoms with Crippen LogP contribution in [0.15, 0.2) is 23.1 Å². The van der Waals surface area contributed by atoms with Gasteiger partial charge in [0.05, 0.1) is 0 Å². The van der Waals surface area contributed by atoms with Crippen molar-refractivity contribution >= 4 is 17.7 Å². The molecule has 1 amide bonds. The zero-order valence-electron chi connectivity index (χ0n) is 9.57. The van der Waals surface area contributed by atoms with E-state index in [1.165, 1.54) is 37.3 Å². The number of rotatable bonds is 3. The van der Waals surface area contributed by atoms with Crippen LogP contribution in [0, 0.1) is 0 Å². The lowest BCUT2D eigenvalue weighted by atomic mass is 10.2. The second-order valence-corrected chi connectivity index (χ2v) is 5.55. The molecule has 5 heteroatoms. The summed E-state index contributed by atoms with van der Waals surface area (Å²) in [6, 6.07) is 2.94. The molecule has 2 N–H and O–H groups in total. The molecular weight excluding hydrogens is 236 g/mol. The van der Waals surface area contributed by atoms with E-state index in [0.717, 1.165) is 0 Å². The van der Waals surface area contributed by atoms with Gasteiger partial charge in [0, 0.05) is 29.6 Å². The molecule has 1 atom stereocenters. The second-order valence-electron chi connectivity index (χ2n) is 4.14. The number of hydrogen-bond acceptors (Lipinski definition) is 3. The number of aromatic amines is 1. The van der Waals surface area contributed by atoms with Crippen LogP contribution in [0.25, 0.3) is 0 Å². The monoisotopic (exact) mass is 252 g/mol. The molecule has 0 aromatic carbocycles. The Morgan fingerprint density at radius 2 is 2.41 bits per heavy atom. The van der Waals surface area contributed by atoms with Crippen LogP contribution in [0.4, 0.5) is 0 Å². The van der Waals surface area contributed by atoms with Gasteiger partial charge >= 0.3 is 0 Å². The zero-order chi connectivity index (χ0) is 12.1. The summed E-state index contributed by atoms with van der Waals surface area (Å²) in [6.45, 7) is 0.691. The third-order valence-electron chi connectivity index (χ3n) is 2.80. The van der Waals surface area contributed by atoms with Crippen molar-refractivity contribution < 1.29 is 4.79 Å². The number of carbonyl (C=O) groups excluding carboxylic acids is 1. The van der Waals surface area contributed by atoms with Gasteiger partial charge in [-0.15, -0.1) is 0 Å². The van der Waals surface area contributed by atoms with Crippen molar-refractivity contribution in [3.05, 3.63) is 34.2 Å². The number of thioether (sulfide) groups is 1. The highest BCUT2D eigenvalue weighted by atomic mass is 32.2. The van der Waals surface area contributed by atoms with Crippen molar-refractivity contribution in [3.63, 3.8) is 0 Å². The number of amides is 1. The van der Waals surface area contributed by atoms with Crippen LogP contribution in [0.3, 0.4) is 0 Å².